The second-order valence-corrected chi connectivity index (χ2v) is 11.4. The summed E-state index contributed by atoms with van der Waals surface area (Å²) in [6, 6.07) is 24.4. The van der Waals surface area contributed by atoms with Gasteiger partial charge in [0.25, 0.3) is 0 Å². The zero-order valence-corrected chi connectivity index (χ0v) is 23.4. The molecule has 37 heavy (non-hydrogen) atoms. The monoisotopic (exact) mass is 538 g/mol. The molecule has 0 saturated carbocycles. The number of rotatable bonds is 11. The van der Waals surface area contributed by atoms with Crippen molar-refractivity contribution in [3.8, 4) is 5.75 Å². The third kappa shape index (κ3) is 9.45. The van der Waals surface area contributed by atoms with Crippen LogP contribution in [-0.2, 0) is 28.3 Å². The normalized spacial score (nSPS) is 12.0. The van der Waals surface area contributed by atoms with E-state index in [1.54, 1.807) is 12.0 Å². The van der Waals surface area contributed by atoms with Gasteiger partial charge in [0, 0.05) is 29.3 Å². The van der Waals surface area contributed by atoms with E-state index in [9.17, 15) is 9.59 Å². The minimum Gasteiger partial charge on any atom is -0.497 e. The first-order chi connectivity index (χ1) is 17.6. The summed E-state index contributed by atoms with van der Waals surface area (Å²) in [7, 11) is 1.62. The Bertz CT molecular complexity index is 1160. The van der Waals surface area contributed by atoms with Crippen LogP contribution in [0.25, 0.3) is 0 Å². The first kappa shape index (κ1) is 28.6. The zero-order chi connectivity index (χ0) is 26.8. The minimum atomic E-state index is -0.670. The van der Waals surface area contributed by atoms with Crippen LogP contribution < -0.4 is 10.1 Å². The fraction of sp³-hybridized carbons (Fsp3) is 0.333. The van der Waals surface area contributed by atoms with E-state index in [-0.39, 0.29) is 17.6 Å². The molecule has 2 amide bonds. The van der Waals surface area contributed by atoms with Gasteiger partial charge in [0.05, 0.1) is 12.9 Å². The number of hydrogen-bond acceptors (Lipinski definition) is 4. The van der Waals surface area contributed by atoms with Crippen LogP contribution in [0, 0.1) is 0 Å². The standard InChI is InChI=1S/C30H35ClN2O3S/c1-30(2,3)32-29(35)27(18-22-9-6-5-7-10-22)33(19-24-11-8-12-26(17-24)36-4)28(34)21-37-20-23-13-15-25(31)16-14-23/h5-17,27H,18-21H2,1-4H3,(H,32,35)/t27-/m0/s1. The van der Waals surface area contributed by atoms with Crippen LogP contribution in [-0.4, -0.2) is 41.2 Å². The average molecular weight is 539 g/mol. The highest BCUT2D eigenvalue weighted by molar-refractivity contribution is 7.99. The average Bonchev–Trinajstić information content (AvgIpc) is 2.87. The SMILES string of the molecule is COc1cccc(CN(C(=O)CSCc2ccc(Cl)cc2)[C@@H](Cc2ccccc2)C(=O)NC(C)(C)C)c1. The fourth-order valence-corrected chi connectivity index (χ4v) is 4.89. The smallest absolute Gasteiger partial charge is 0.243 e. The predicted octanol–water partition coefficient (Wildman–Crippen LogP) is 6.14. The summed E-state index contributed by atoms with van der Waals surface area (Å²) < 4.78 is 5.39. The molecule has 0 bridgehead atoms. The maximum absolute atomic E-state index is 13.7. The number of ether oxygens (including phenoxy) is 1. The van der Waals surface area contributed by atoms with Gasteiger partial charge in [0.15, 0.2) is 0 Å². The van der Waals surface area contributed by atoms with Gasteiger partial charge in [0.1, 0.15) is 11.8 Å². The van der Waals surface area contributed by atoms with Crippen LogP contribution in [0.4, 0.5) is 0 Å². The molecule has 3 aromatic rings. The highest BCUT2D eigenvalue weighted by atomic mass is 35.5. The lowest BCUT2D eigenvalue weighted by Gasteiger charge is -2.34. The number of nitrogens with zero attached hydrogens (tertiary/aromatic N) is 1. The third-order valence-corrected chi connectivity index (χ3v) is 6.90. The van der Waals surface area contributed by atoms with Crippen molar-refractivity contribution < 1.29 is 14.3 Å². The van der Waals surface area contributed by atoms with Crippen molar-refractivity contribution in [2.75, 3.05) is 12.9 Å². The van der Waals surface area contributed by atoms with Gasteiger partial charge in [-0.2, -0.15) is 0 Å². The number of benzene rings is 3. The molecular weight excluding hydrogens is 504 g/mol. The fourth-order valence-electron chi connectivity index (χ4n) is 3.89. The topological polar surface area (TPSA) is 58.6 Å². The minimum absolute atomic E-state index is 0.0910. The van der Waals surface area contributed by atoms with Crippen LogP contribution in [0.3, 0.4) is 0 Å². The summed E-state index contributed by atoms with van der Waals surface area (Å²) in [5, 5.41) is 3.78. The van der Waals surface area contributed by atoms with Crippen LogP contribution in [0.2, 0.25) is 5.02 Å². The van der Waals surface area contributed by atoms with Gasteiger partial charge in [-0.05, 0) is 61.7 Å². The van der Waals surface area contributed by atoms with Crippen molar-refractivity contribution >= 4 is 35.2 Å². The predicted molar refractivity (Wildman–Crippen MR) is 153 cm³/mol. The summed E-state index contributed by atoms with van der Waals surface area (Å²) in [4.78, 5) is 29.0. The zero-order valence-electron chi connectivity index (χ0n) is 21.9. The molecule has 0 aliphatic heterocycles. The Morgan fingerprint density at radius 1 is 0.946 bits per heavy atom. The van der Waals surface area contributed by atoms with Crippen molar-refractivity contribution in [3.05, 3.63) is 101 Å². The maximum atomic E-state index is 13.7. The summed E-state index contributed by atoms with van der Waals surface area (Å²) in [6.45, 7) is 6.13. The molecule has 0 fully saturated rings. The Kier molecular flexibility index (Phi) is 10.5. The van der Waals surface area contributed by atoms with Crippen LogP contribution >= 0.6 is 23.4 Å². The summed E-state index contributed by atoms with van der Waals surface area (Å²) >= 11 is 7.52. The Morgan fingerprint density at radius 3 is 2.27 bits per heavy atom. The van der Waals surface area contributed by atoms with E-state index in [1.807, 2.05) is 99.6 Å². The molecule has 7 heteroatoms. The molecule has 0 radical (unpaired) electrons. The van der Waals surface area contributed by atoms with Crippen LogP contribution in [0.5, 0.6) is 5.75 Å². The maximum Gasteiger partial charge on any atom is 0.243 e. The van der Waals surface area contributed by atoms with Crippen molar-refractivity contribution in [2.45, 2.75) is 51.1 Å². The molecule has 1 N–H and O–H groups in total. The number of thioether (sulfide) groups is 1. The summed E-state index contributed by atoms with van der Waals surface area (Å²) in [5.41, 5.74) is 2.55. The van der Waals surface area contributed by atoms with Gasteiger partial charge in [-0.1, -0.05) is 66.2 Å². The van der Waals surface area contributed by atoms with E-state index in [0.29, 0.717) is 29.5 Å². The van der Waals surface area contributed by atoms with E-state index in [4.69, 9.17) is 16.3 Å². The highest BCUT2D eigenvalue weighted by Gasteiger charge is 2.32. The van der Waals surface area contributed by atoms with Gasteiger partial charge < -0.3 is 15.0 Å². The molecule has 5 nitrogen and oxygen atoms in total. The van der Waals surface area contributed by atoms with E-state index in [2.05, 4.69) is 5.32 Å². The van der Waals surface area contributed by atoms with Gasteiger partial charge >= 0.3 is 0 Å². The molecule has 0 unspecified atom stereocenters. The quantitative estimate of drug-likeness (QED) is 0.319. The van der Waals surface area contributed by atoms with Gasteiger partial charge in [-0.25, -0.2) is 0 Å². The number of nitrogens with one attached hydrogen (secondary N) is 1. The largest absolute Gasteiger partial charge is 0.497 e. The summed E-state index contributed by atoms with van der Waals surface area (Å²) in [6.07, 6.45) is 0.417. The lowest BCUT2D eigenvalue weighted by atomic mass is 10.0. The Labute approximate surface area is 229 Å². The number of methoxy groups -OCH3 is 1. The molecule has 0 heterocycles. The Morgan fingerprint density at radius 2 is 1.62 bits per heavy atom. The second kappa shape index (κ2) is 13.5. The van der Waals surface area contributed by atoms with E-state index in [1.165, 1.54) is 11.8 Å². The Hall–Kier alpha value is -2.96. The van der Waals surface area contributed by atoms with Crippen molar-refractivity contribution in [3.63, 3.8) is 0 Å². The van der Waals surface area contributed by atoms with Crippen molar-refractivity contribution in [1.29, 1.82) is 0 Å². The highest BCUT2D eigenvalue weighted by Crippen LogP contribution is 2.21. The van der Waals surface area contributed by atoms with Crippen LogP contribution in [0.15, 0.2) is 78.9 Å². The number of hydrogen-bond donors (Lipinski definition) is 1. The molecule has 3 rings (SSSR count). The molecule has 0 aliphatic rings. The van der Waals surface area contributed by atoms with Crippen molar-refractivity contribution in [2.24, 2.45) is 0 Å². The van der Waals surface area contributed by atoms with Crippen molar-refractivity contribution in [1.82, 2.24) is 10.2 Å². The van der Waals surface area contributed by atoms with E-state index >= 15 is 0 Å². The first-order valence-electron chi connectivity index (χ1n) is 12.2. The molecule has 1 atom stereocenters. The Balaban J connectivity index is 1.88. The molecule has 0 aliphatic carbocycles. The molecule has 0 spiro atoms. The lowest BCUT2D eigenvalue weighted by molar-refractivity contribution is -0.140. The van der Waals surface area contributed by atoms with Gasteiger partial charge in [0.2, 0.25) is 11.8 Å². The number of carbonyl (C=O) groups is 2. The van der Waals surface area contributed by atoms with Gasteiger partial charge in [-0.15, -0.1) is 11.8 Å². The lowest BCUT2D eigenvalue weighted by Crippen LogP contribution is -2.54. The van der Waals surface area contributed by atoms with E-state index < -0.39 is 11.6 Å². The first-order valence-corrected chi connectivity index (χ1v) is 13.8. The van der Waals surface area contributed by atoms with Crippen LogP contribution in [0.1, 0.15) is 37.5 Å². The number of carbonyl (C=O) groups excluding carboxylic acids is 2. The number of amides is 2. The van der Waals surface area contributed by atoms with Gasteiger partial charge in [-0.3, -0.25) is 9.59 Å². The number of halogens is 1. The molecular formula is C30H35ClN2O3S. The second-order valence-electron chi connectivity index (χ2n) is 9.94. The molecule has 3 aromatic carbocycles. The molecule has 0 aromatic heterocycles. The van der Waals surface area contributed by atoms with E-state index in [0.717, 1.165) is 16.7 Å². The summed E-state index contributed by atoms with van der Waals surface area (Å²) in [5.74, 6) is 1.37. The molecule has 196 valence electrons. The third-order valence-electron chi connectivity index (χ3n) is 5.66. The molecule has 0 saturated heterocycles.